The third-order valence-electron chi connectivity index (χ3n) is 4.94. The van der Waals surface area contributed by atoms with Crippen LogP contribution in [0.25, 0.3) is 0 Å². The van der Waals surface area contributed by atoms with Gasteiger partial charge in [0, 0.05) is 0 Å². The molecule has 0 bridgehead atoms. The van der Waals surface area contributed by atoms with Gasteiger partial charge in [-0.1, -0.05) is 52.4 Å². The zero-order valence-corrected chi connectivity index (χ0v) is 17.7. The van der Waals surface area contributed by atoms with Crippen LogP contribution in [0.2, 0.25) is 0 Å². The van der Waals surface area contributed by atoms with Crippen molar-refractivity contribution in [2.75, 3.05) is 6.61 Å². The van der Waals surface area contributed by atoms with Crippen molar-refractivity contribution >= 4 is 10.1 Å². The monoisotopic (exact) mass is 384 g/mol. The van der Waals surface area contributed by atoms with Crippen LogP contribution in [-0.2, 0) is 23.0 Å². The number of hydrogen-bond acceptors (Lipinski definition) is 3. The van der Waals surface area contributed by atoms with E-state index in [1.807, 2.05) is 12.1 Å². The molecule has 26 heavy (non-hydrogen) atoms. The Morgan fingerprint density at radius 1 is 1.04 bits per heavy atom. The van der Waals surface area contributed by atoms with E-state index in [9.17, 15) is 8.42 Å². The number of unbranched alkanes of at least 4 members (excludes halogenated alkanes) is 6. The molecule has 1 N–H and O–H groups in total. The summed E-state index contributed by atoms with van der Waals surface area (Å²) < 4.78 is 36.9. The first-order valence-electron chi connectivity index (χ1n) is 10.0. The van der Waals surface area contributed by atoms with Crippen LogP contribution in [0.1, 0.15) is 82.4 Å². The average Bonchev–Trinajstić information content (AvgIpc) is 2.58. The van der Waals surface area contributed by atoms with E-state index in [2.05, 4.69) is 20.8 Å². The van der Waals surface area contributed by atoms with Crippen LogP contribution in [0.5, 0.6) is 5.75 Å². The summed E-state index contributed by atoms with van der Waals surface area (Å²) >= 11 is 0. The van der Waals surface area contributed by atoms with Gasteiger partial charge in [-0.05, 0) is 61.9 Å². The molecule has 5 heteroatoms. The van der Waals surface area contributed by atoms with E-state index in [-0.39, 0.29) is 6.61 Å². The van der Waals surface area contributed by atoms with Crippen molar-refractivity contribution in [3.8, 4) is 5.75 Å². The molecule has 150 valence electrons. The summed E-state index contributed by atoms with van der Waals surface area (Å²) in [6.45, 7) is 7.87. The average molecular weight is 385 g/mol. The van der Waals surface area contributed by atoms with Crippen molar-refractivity contribution in [1.29, 1.82) is 0 Å². The maximum absolute atomic E-state index is 11.1. The molecule has 0 saturated heterocycles. The normalized spacial score (nSPS) is 13.0. The quantitative estimate of drug-likeness (QED) is 0.360. The van der Waals surface area contributed by atoms with Gasteiger partial charge in [0.2, 0.25) is 0 Å². The molecule has 4 nitrogen and oxygen atoms in total. The van der Waals surface area contributed by atoms with Crippen molar-refractivity contribution in [3.63, 3.8) is 0 Å². The zero-order valence-electron chi connectivity index (χ0n) is 16.9. The Bertz CT molecular complexity index is 638. The predicted octanol–water partition coefficient (Wildman–Crippen LogP) is 5.51. The summed E-state index contributed by atoms with van der Waals surface area (Å²) in [5.41, 5.74) is 3.87. The standard InChI is InChI=1S/C21H36O4S/c1-5-7-8-9-10-11-12-13-21-17(3)14-20(15-19(21)6-2)25-16-18(4)26(22,23)24/h14-15,18H,5-13,16H2,1-4H3,(H,22,23,24). The van der Waals surface area contributed by atoms with E-state index < -0.39 is 15.4 Å². The number of benzene rings is 1. The molecule has 0 fully saturated rings. The van der Waals surface area contributed by atoms with Crippen LogP contribution in [0.4, 0.5) is 0 Å². The van der Waals surface area contributed by atoms with Gasteiger partial charge in [0.25, 0.3) is 10.1 Å². The van der Waals surface area contributed by atoms with Crippen LogP contribution in [-0.4, -0.2) is 24.8 Å². The molecule has 0 aliphatic rings. The van der Waals surface area contributed by atoms with E-state index in [0.29, 0.717) is 5.75 Å². The van der Waals surface area contributed by atoms with Gasteiger partial charge in [0.15, 0.2) is 0 Å². The third kappa shape index (κ3) is 8.09. The van der Waals surface area contributed by atoms with Gasteiger partial charge in [0.05, 0.1) is 0 Å². The molecular formula is C21H36O4S. The first-order valence-corrected chi connectivity index (χ1v) is 11.5. The number of ether oxygens (including phenoxy) is 1. The van der Waals surface area contributed by atoms with Gasteiger partial charge in [-0.2, -0.15) is 8.42 Å². The lowest BCUT2D eigenvalue weighted by Crippen LogP contribution is -2.24. The van der Waals surface area contributed by atoms with Gasteiger partial charge < -0.3 is 4.74 Å². The Labute approximate surface area is 160 Å². The fraction of sp³-hybridized carbons (Fsp3) is 0.714. The molecule has 0 spiro atoms. The van der Waals surface area contributed by atoms with Crippen molar-refractivity contribution in [2.45, 2.75) is 90.7 Å². The molecule has 0 radical (unpaired) electrons. The molecule has 1 rings (SSSR count). The van der Waals surface area contributed by atoms with E-state index in [4.69, 9.17) is 9.29 Å². The van der Waals surface area contributed by atoms with Crippen LogP contribution >= 0.6 is 0 Å². The summed E-state index contributed by atoms with van der Waals surface area (Å²) in [5, 5.41) is -0.930. The van der Waals surface area contributed by atoms with E-state index in [1.165, 1.54) is 68.6 Å². The minimum Gasteiger partial charge on any atom is -0.492 e. The second-order valence-electron chi connectivity index (χ2n) is 7.24. The Kier molecular flexibility index (Phi) is 10.3. The number of aryl methyl sites for hydroxylation is 2. The van der Waals surface area contributed by atoms with E-state index >= 15 is 0 Å². The lowest BCUT2D eigenvalue weighted by molar-refractivity contribution is 0.310. The van der Waals surface area contributed by atoms with Gasteiger partial charge in [0.1, 0.15) is 17.6 Å². The Hall–Kier alpha value is -1.07. The second kappa shape index (κ2) is 11.6. The highest BCUT2D eigenvalue weighted by Gasteiger charge is 2.18. The van der Waals surface area contributed by atoms with E-state index in [1.54, 1.807) is 0 Å². The summed E-state index contributed by atoms with van der Waals surface area (Å²) in [7, 11) is -4.06. The molecule has 0 aliphatic carbocycles. The zero-order chi connectivity index (χ0) is 19.6. The molecular weight excluding hydrogens is 348 g/mol. The highest BCUT2D eigenvalue weighted by molar-refractivity contribution is 7.86. The van der Waals surface area contributed by atoms with Gasteiger partial charge in [-0.25, -0.2) is 0 Å². The second-order valence-corrected chi connectivity index (χ2v) is 9.07. The highest BCUT2D eigenvalue weighted by atomic mass is 32.2. The van der Waals surface area contributed by atoms with Crippen molar-refractivity contribution in [1.82, 2.24) is 0 Å². The summed E-state index contributed by atoms with van der Waals surface area (Å²) in [6.07, 6.45) is 11.1. The van der Waals surface area contributed by atoms with Crippen LogP contribution in [0.15, 0.2) is 12.1 Å². The van der Waals surface area contributed by atoms with E-state index in [0.717, 1.165) is 12.8 Å². The summed E-state index contributed by atoms with van der Waals surface area (Å²) in [6, 6.07) is 3.99. The number of hydrogen-bond donors (Lipinski definition) is 1. The fourth-order valence-electron chi connectivity index (χ4n) is 3.17. The first-order chi connectivity index (χ1) is 12.3. The lowest BCUT2D eigenvalue weighted by Gasteiger charge is -2.16. The molecule has 0 saturated carbocycles. The Balaban J connectivity index is 2.60. The molecule has 1 atom stereocenters. The molecule has 0 heterocycles. The highest BCUT2D eigenvalue weighted by Crippen LogP contribution is 2.25. The molecule has 0 amide bonds. The molecule has 0 aromatic heterocycles. The smallest absolute Gasteiger partial charge is 0.270 e. The maximum atomic E-state index is 11.1. The first kappa shape index (κ1) is 23.0. The minimum atomic E-state index is -4.06. The molecule has 1 aromatic carbocycles. The Morgan fingerprint density at radius 2 is 1.65 bits per heavy atom. The Morgan fingerprint density at radius 3 is 2.23 bits per heavy atom. The van der Waals surface area contributed by atoms with Gasteiger partial charge >= 0.3 is 0 Å². The summed E-state index contributed by atoms with van der Waals surface area (Å²) in [4.78, 5) is 0. The predicted molar refractivity (Wildman–Crippen MR) is 109 cm³/mol. The van der Waals surface area contributed by atoms with Crippen molar-refractivity contribution in [2.24, 2.45) is 0 Å². The van der Waals surface area contributed by atoms with Crippen LogP contribution in [0.3, 0.4) is 0 Å². The van der Waals surface area contributed by atoms with Gasteiger partial charge in [-0.15, -0.1) is 0 Å². The molecule has 1 unspecified atom stereocenters. The topological polar surface area (TPSA) is 63.6 Å². The van der Waals surface area contributed by atoms with Crippen LogP contribution < -0.4 is 4.74 Å². The van der Waals surface area contributed by atoms with Crippen molar-refractivity contribution in [3.05, 3.63) is 28.8 Å². The molecule has 0 aliphatic heterocycles. The third-order valence-corrected chi connectivity index (χ3v) is 6.10. The largest absolute Gasteiger partial charge is 0.492 e. The van der Waals surface area contributed by atoms with Crippen LogP contribution in [0, 0.1) is 6.92 Å². The fourth-order valence-corrected chi connectivity index (χ4v) is 3.41. The number of rotatable bonds is 13. The van der Waals surface area contributed by atoms with Gasteiger partial charge in [-0.3, -0.25) is 4.55 Å². The minimum absolute atomic E-state index is 0.0431. The maximum Gasteiger partial charge on any atom is 0.270 e. The van der Waals surface area contributed by atoms with Crippen molar-refractivity contribution < 1.29 is 17.7 Å². The SMILES string of the molecule is CCCCCCCCCc1c(C)cc(OCC(C)S(=O)(=O)O)cc1CC. The lowest BCUT2D eigenvalue weighted by atomic mass is 9.94. The molecule has 1 aromatic rings. The summed E-state index contributed by atoms with van der Waals surface area (Å²) in [5.74, 6) is 0.679.